The SMILES string of the molecule is COc1cc(C(=O)NCc2cccc(F)c2)cc(NC(=O)CN(C)C)c1OC. The Morgan fingerprint density at radius 3 is 2.46 bits per heavy atom. The fraction of sp³-hybridized carbons (Fsp3) is 0.300. The molecule has 2 N–H and O–H groups in total. The Labute approximate surface area is 163 Å². The van der Waals surface area contributed by atoms with Crippen molar-refractivity contribution in [3.8, 4) is 11.5 Å². The molecule has 0 spiro atoms. The summed E-state index contributed by atoms with van der Waals surface area (Å²) in [5.41, 5.74) is 1.23. The number of benzene rings is 2. The molecule has 2 amide bonds. The highest BCUT2D eigenvalue weighted by Gasteiger charge is 2.18. The number of amides is 2. The molecule has 2 rings (SSSR count). The second-order valence-corrected chi connectivity index (χ2v) is 6.36. The normalized spacial score (nSPS) is 10.5. The fourth-order valence-electron chi connectivity index (χ4n) is 2.60. The zero-order chi connectivity index (χ0) is 20.7. The van der Waals surface area contributed by atoms with Crippen LogP contribution < -0.4 is 20.1 Å². The van der Waals surface area contributed by atoms with Crippen LogP contribution in [0.5, 0.6) is 11.5 Å². The number of rotatable bonds is 8. The molecule has 0 heterocycles. The number of nitrogens with one attached hydrogen (secondary N) is 2. The summed E-state index contributed by atoms with van der Waals surface area (Å²) in [4.78, 5) is 26.4. The molecule has 0 aromatic heterocycles. The number of methoxy groups -OCH3 is 2. The summed E-state index contributed by atoms with van der Waals surface area (Å²) in [6, 6.07) is 9.00. The van der Waals surface area contributed by atoms with Crippen LogP contribution in [0, 0.1) is 5.82 Å². The van der Waals surface area contributed by atoms with Gasteiger partial charge in [0.25, 0.3) is 5.91 Å². The lowest BCUT2D eigenvalue weighted by atomic mass is 10.1. The largest absolute Gasteiger partial charge is 0.493 e. The Kier molecular flexibility index (Phi) is 7.34. The quantitative estimate of drug-likeness (QED) is 0.724. The van der Waals surface area contributed by atoms with Gasteiger partial charge in [0.15, 0.2) is 11.5 Å². The number of hydrogen-bond donors (Lipinski definition) is 2. The van der Waals surface area contributed by atoms with Crippen LogP contribution in [0.3, 0.4) is 0 Å². The molecule has 0 aliphatic carbocycles. The number of hydrogen-bond acceptors (Lipinski definition) is 5. The Hall–Kier alpha value is -3.13. The highest BCUT2D eigenvalue weighted by molar-refractivity contribution is 5.99. The van der Waals surface area contributed by atoms with Gasteiger partial charge >= 0.3 is 0 Å². The summed E-state index contributed by atoms with van der Waals surface area (Å²) >= 11 is 0. The third-order valence-corrected chi connectivity index (χ3v) is 3.82. The number of ether oxygens (including phenoxy) is 2. The maximum absolute atomic E-state index is 13.3. The van der Waals surface area contributed by atoms with E-state index in [2.05, 4.69) is 10.6 Å². The topological polar surface area (TPSA) is 79.9 Å². The zero-order valence-corrected chi connectivity index (χ0v) is 16.3. The van der Waals surface area contributed by atoms with Gasteiger partial charge in [-0.2, -0.15) is 0 Å². The second kappa shape index (κ2) is 9.70. The van der Waals surface area contributed by atoms with Gasteiger partial charge in [0.2, 0.25) is 5.91 Å². The molecule has 7 nitrogen and oxygen atoms in total. The van der Waals surface area contributed by atoms with E-state index in [9.17, 15) is 14.0 Å². The van der Waals surface area contributed by atoms with E-state index in [0.29, 0.717) is 22.7 Å². The van der Waals surface area contributed by atoms with Crippen molar-refractivity contribution in [2.45, 2.75) is 6.54 Å². The van der Waals surface area contributed by atoms with E-state index >= 15 is 0 Å². The molecule has 0 saturated carbocycles. The standard InChI is InChI=1S/C20H24FN3O4/c1-24(2)12-18(25)23-16-9-14(10-17(27-3)19(16)28-4)20(26)22-11-13-6-5-7-15(21)8-13/h5-10H,11-12H2,1-4H3,(H,22,26)(H,23,25). The average molecular weight is 389 g/mol. The number of likely N-dealkylation sites (N-methyl/N-ethyl adjacent to an activating group) is 1. The molecule has 0 radical (unpaired) electrons. The molecule has 8 heteroatoms. The number of halogens is 1. The summed E-state index contributed by atoms with van der Waals surface area (Å²) < 4.78 is 23.9. The molecular formula is C20H24FN3O4. The van der Waals surface area contributed by atoms with Crippen molar-refractivity contribution in [3.63, 3.8) is 0 Å². The summed E-state index contributed by atoms with van der Waals surface area (Å²) in [5, 5.41) is 5.45. The van der Waals surface area contributed by atoms with E-state index in [1.165, 1.54) is 38.5 Å². The minimum Gasteiger partial charge on any atom is -0.493 e. The van der Waals surface area contributed by atoms with Crippen LogP contribution in [0.2, 0.25) is 0 Å². The Bertz CT molecular complexity index is 855. The van der Waals surface area contributed by atoms with Gasteiger partial charge in [-0.15, -0.1) is 0 Å². The van der Waals surface area contributed by atoms with Gasteiger partial charge in [-0.3, -0.25) is 9.59 Å². The smallest absolute Gasteiger partial charge is 0.251 e. The lowest BCUT2D eigenvalue weighted by Crippen LogP contribution is -2.27. The van der Waals surface area contributed by atoms with E-state index in [-0.39, 0.29) is 30.4 Å². The Balaban J connectivity index is 2.23. The van der Waals surface area contributed by atoms with Crippen LogP contribution in [0.15, 0.2) is 36.4 Å². The highest BCUT2D eigenvalue weighted by atomic mass is 19.1. The van der Waals surface area contributed by atoms with Crippen LogP contribution in [-0.4, -0.2) is 51.6 Å². The molecule has 0 bridgehead atoms. The van der Waals surface area contributed by atoms with Crippen molar-refractivity contribution in [1.82, 2.24) is 10.2 Å². The second-order valence-electron chi connectivity index (χ2n) is 6.36. The summed E-state index contributed by atoms with van der Waals surface area (Å²) in [5.74, 6) is -0.405. The lowest BCUT2D eigenvalue weighted by molar-refractivity contribution is -0.116. The number of carbonyl (C=O) groups is 2. The minimum atomic E-state index is -0.395. The van der Waals surface area contributed by atoms with Crippen molar-refractivity contribution < 1.29 is 23.5 Å². The van der Waals surface area contributed by atoms with Crippen molar-refractivity contribution >= 4 is 17.5 Å². The molecule has 0 aliphatic rings. The van der Waals surface area contributed by atoms with E-state index in [4.69, 9.17) is 9.47 Å². The number of anilines is 1. The van der Waals surface area contributed by atoms with Crippen LogP contribution in [-0.2, 0) is 11.3 Å². The highest BCUT2D eigenvalue weighted by Crippen LogP contribution is 2.36. The molecule has 0 fully saturated rings. The monoisotopic (exact) mass is 389 g/mol. The van der Waals surface area contributed by atoms with E-state index < -0.39 is 5.91 Å². The van der Waals surface area contributed by atoms with E-state index in [1.807, 2.05) is 0 Å². The first-order valence-electron chi connectivity index (χ1n) is 8.57. The zero-order valence-electron chi connectivity index (χ0n) is 16.3. The molecular weight excluding hydrogens is 365 g/mol. The van der Waals surface area contributed by atoms with E-state index in [1.54, 1.807) is 31.1 Å². The van der Waals surface area contributed by atoms with Crippen LogP contribution in [0.25, 0.3) is 0 Å². The van der Waals surface area contributed by atoms with Crippen molar-refractivity contribution in [3.05, 3.63) is 53.3 Å². The molecule has 0 unspecified atom stereocenters. The third kappa shape index (κ3) is 5.68. The minimum absolute atomic E-state index is 0.160. The van der Waals surface area contributed by atoms with Crippen LogP contribution >= 0.6 is 0 Å². The Morgan fingerprint density at radius 2 is 1.86 bits per heavy atom. The van der Waals surface area contributed by atoms with Crippen LogP contribution in [0.1, 0.15) is 15.9 Å². The molecule has 28 heavy (non-hydrogen) atoms. The molecule has 2 aromatic rings. The first-order valence-corrected chi connectivity index (χ1v) is 8.57. The predicted octanol–water partition coefficient (Wildman–Crippen LogP) is 2.27. The van der Waals surface area contributed by atoms with Crippen molar-refractivity contribution in [1.29, 1.82) is 0 Å². The van der Waals surface area contributed by atoms with E-state index in [0.717, 1.165) is 0 Å². The molecule has 0 atom stereocenters. The van der Waals surface area contributed by atoms with Crippen LogP contribution in [0.4, 0.5) is 10.1 Å². The molecule has 150 valence electrons. The fourth-order valence-corrected chi connectivity index (χ4v) is 2.60. The summed E-state index contributed by atoms with van der Waals surface area (Å²) in [6.45, 7) is 0.328. The van der Waals surface area contributed by atoms with Gasteiger partial charge in [-0.05, 0) is 43.9 Å². The average Bonchev–Trinajstić information content (AvgIpc) is 2.64. The lowest BCUT2D eigenvalue weighted by Gasteiger charge is -2.17. The van der Waals surface area contributed by atoms with Crippen molar-refractivity contribution in [2.24, 2.45) is 0 Å². The molecule has 0 aliphatic heterocycles. The maximum Gasteiger partial charge on any atom is 0.251 e. The van der Waals surface area contributed by atoms with Gasteiger partial charge in [0, 0.05) is 12.1 Å². The van der Waals surface area contributed by atoms with Gasteiger partial charge in [0.05, 0.1) is 26.5 Å². The first-order chi connectivity index (χ1) is 13.3. The predicted molar refractivity (Wildman–Crippen MR) is 104 cm³/mol. The van der Waals surface area contributed by atoms with Crippen molar-refractivity contribution in [2.75, 3.05) is 40.2 Å². The van der Waals surface area contributed by atoms with Gasteiger partial charge in [-0.1, -0.05) is 12.1 Å². The summed E-state index contributed by atoms with van der Waals surface area (Å²) in [6.07, 6.45) is 0. The third-order valence-electron chi connectivity index (χ3n) is 3.82. The molecule has 2 aromatic carbocycles. The van der Waals surface area contributed by atoms with Gasteiger partial charge in [-0.25, -0.2) is 4.39 Å². The first kappa shape index (κ1) is 21.2. The summed E-state index contributed by atoms with van der Waals surface area (Å²) in [7, 11) is 6.43. The Morgan fingerprint density at radius 1 is 1.11 bits per heavy atom. The van der Waals surface area contributed by atoms with Gasteiger partial charge < -0.3 is 25.0 Å². The molecule has 0 saturated heterocycles. The van der Waals surface area contributed by atoms with Gasteiger partial charge in [0.1, 0.15) is 5.82 Å². The number of nitrogens with zero attached hydrogens (tertiary/aromatic N) is 1. The maximum atomic E-state index is 13.3. The number of carbonyl (C=O) groups excluding carboxylic acids is 2.